The molecule has 1 aromatic carbocycles. The summed E-state index contributed by atoms with van der Waals surface area (Å²) in [7, 11) is 0. The van der Waals surface area contributed by atoms with Crippen molar-refractivity contribution in [1.29, 1.82) is 0 Å². The van der Waals surface area contributed by atoms with Gasteiger partial charge in [-0.15, -0.1) is 0 Å². The highest BCUT2D eigenvalue weighted by atomic mass is 15.2. The summed E-state index contributed by atoms with van der Waals surface area (Å²) in [6, 6.07) is 7.17. The fraction of sp³-hybridized carbons (Fsp3) is 0.667. The first-order chi connectivity index (χ1) is 9.70. The zero-order chi connectivity index (χ0) is 14.4. The molecule has 112 valence electrons. The molecule has 1 saturated carbocycles. The second-order valence-corrected chi connectivity index (χ2v) is 6.51. The van der Waals surface area contributed by atoms with Gasteiger partial charge in [0.05, 0.1) is 0 Å². The Kier molecular flexibility index (Phi) is 6.06. The number of hydrazine groups is 1. The zero-order valence-corrected chi connectivity index (χ0v) is 13.1. The van der Waals surface area contributed by atoms with Crippen LogP contribution in [0.2, 0.25) is 0 Å². The highest BCUT2D eigenvalue weighted by Gasteiger charge is 2.22. The van der Waals surface area contributed by atoms with Crippen molar-refractivity contribution >= 4 is 0 Å². The van der Waals surface area contributed by atoms with E-state index >= 15 is 0 Å². The third-order valence-electron chi connectivity index (χ3n) is 4.88. The van der Waals surface area contributed by atoms with Crippen LogP contribution in [0.1, 0.15) is 61.6 Å². The van der Waals surface area contributed by atoms with Crippen LogP contribution in [0, 0.1) is 19.8 Å². The predicted octanol–water partition coefficient (Wildman–Crippen LogP) is 4.04. The van der Waals surface area contributed by atoms with E-state index in [1.165, 1.54) is 61.6 Å². The molecule has 2 rings (SSSR count). The van der Waals surface area contributed by atoms with Gasteiger partial charge in [0, 0.05) is 6.04 Å². The first kappa shape index (κ1) is 15.5. The minimum atomic E-state index is 0.425. The molecule has 20 heavy (non-hydrogen) atoms. The molecule has 1 aliphatic rings. The van der Waals surface area contributed by atoms with Crippen LogP contribution in [0.5, 0.6) is 0 Å². The van der Waals surface area contributed by atoms with Crippen LogP contribution in [0.15, 0.2) is 18.2 Å². The van der Waals surface area contributed by atoms with Gasteiger partial charge >= 0.3 is 0 Å². The van der Waals surface area contributed by atoms with Crippen LogP contribution < -0.4 is 11.3 Å². The van der Waals surface area contributed by atoms with Crippen LogP contribution in [-0.2, 0) is 6.42 Å². The number of benzene rings is 1. The lowest BCUT2D eigenvalue weighted by Gasteiger charge is -2.29. The fourth-order valence-electron chi connectivity index (χ4n) is 3.51. The normalized spacial score (nSPS) is 19.4. The Morgan fingerprint density at radius 1 is 1.10 bits per heavy atom. The first-order valence-electron chi connectivity index (χ1n) is 8.23. The van der Waals surface area contributed by atoms with Crippen LogP contribution in [0.4, 0.5) is 0 Å². The largest absolute Gasteiger partial charge is 0.271 e. The molecule has 0 radical (unpaired) electrons. The third kappa shape index (κ3) is 4.32. The average molecular weight is 274 g/mol. The number of hydrogen-bond acceptors (Lipinski definition) is 2. The van der Waals surface area contributed by atoms with Crippen molar-refractivity contribution in [2.24, 2.45) is 11.8 Å². The Morgan fingerprint density at radius 2 is 1.75 bits per heavy atom. The quantitative estimate of drug-likeness (QED) is 0.642. The van der Waals surface area contributed by atoms with Gasteiger partial charge in [-0.3, -0.25) is 11.3 Å². The minimum Gasteiger partial charge on any atom is -0.271 e. The molecular formula is C18H30N2. The van der Waals surface area contributed by atoms with Gasteiger partial charge in [0.2, 0.25) is 0 Å². The van der Waals surface area contributed by atoms with E-state index < -0.39 is 0 Å². The molecule has 0 aliphatic heterocycles. The van der Waals surface area contributed by atoms with E-state index in [0.717, 1.165) is 12.3 Å². The molecule has 1 unspecified atom stereocenters. The standard InChI is InChI=1S/C18H30N2/c1-14-10-11-15(2)17(12-14)13-18(20-19)16-8-6-4-3-5-7-9-16/h10-12,16,18,20H,3-9,13,19H2,1-2H3. The summed E-state index contributed by atoms with van der Waals surface area (Å²) in [6.45, 7) is 4.38. The van der Waals surface area contributed by atoms with Crippen molar-refractivity contribution in [3.63, 3.8) is 0 Å². The van der Waals surface area contributed by atoms with Gasteiger partial charge in [0.15, 0.2) is 0 Å². The molecule has 1 aliphatic carbocycles. The van der Waals surface area contributed by atoms with E-state index in [4.69, 9.17) is 5.84 Å². The van der Waals surface area contributed by atoms with Gasteiger partial charge in [-0.1, -0.05) is 55.9 Å². The number of nitrogens with one attached hydrogen (secondary N) is 1. The number of rotatable bonds is 4. The van der Waals surface area contributed by atoms with Crippen molar-refractivity contribution in [3.05, 3.63) is 34.9 Å². The van der Waals surface area contributed by atoms with Gasteiger partial charge in [-0.05, 0) is 50.2 Å². The van der Waals surface area contributed by atoms with Gasteiger partial charge in [-0.25, -0.2) is 0 Å². The van der Waals surface area contributed by atoms with Crippen molar-refractivity contribution in [2.75, 3.05) is 0 Å². The Morgan fingerprint density at radius 3 is 2.40 bits per heavy atom. The maximum absolute atomic E-state index is 5.88. The maximum Gasteiger partial charge on any atom is 0.0279 e. The summed E-state index contributed by atoms with van der Waals surface area (Å²) in [5, 5.41) is 0. The smallest absolute Gasteiger partial charge is 0.0279 e. The van der Waals surface area contributed by atoms with Gasteiger partial charge in [0.1, 0.15) is 0 Å². The molecule has 1 aromatic rings. The fourth-order valence-corrected chi connectivity index (χ4v) is 3.51. The lowest BCUT2D eigenvalue weighted by molar-refractivity contribution is 0.285. The van der Waals surface area contributed by atoms with Crippen LogP contribution in [0.25, 0.3) is 0 Å². The summed E-state index contributed by atoms with van der Waals surface area (Å²) in [5.74, 6) is 6.62. The summed E-state index contributed by atoms with van der Waals surface area (Å²) < 4.78 is 0. The Bertz CT molecular complexity index is 406. The average Bonchev–Trinajstić information content (AvgIpc) is 2.40. The summed E-state index contributed by atoms with van der Waals surface area (Å²) in [5.41, 5.74) is 7.31. The van der Waals surface area contributed by atoms with E-state index in [2.05, 4.69) is 37.5 Å². The molecule has 0 bridgehead atoms. The predicted molar refractivity (Wildman–Crippen MR) is 86.5 cm³/mol. The SMILES string of the molecule is Cc1ccc(C)c(CC(NN)C2CCCCCCC2)c1. The Labute approximate surface area is 124 Å². The van der Waals surface area contributed by atoms with Crippen LogP contribution in [0.3, 0.4) is 0 Å². The first-order valence-corrected chi connectivity index (χ1v) is 8.23. The second-order valence-electron chi connectivity index (χ2n) is 6.51. The number of hydrogen-bond donors (Lipinski definition) is 2. The van der Waals surface area contributed by atoms with Crippen LogP contribution >= 0.6 is 0 Å². The Balaban J connectivity index is 2.04. The highest BCUT2D eigenvalue weighted by Crippen LogP contribution is 2.27. The molecule has 2 nitrogen and oxygen atoms in total. The second kappa shape index (κ2) is 7.80. The lowest BCUT2D eigenvalue weighted by Crippen LogP contribution is -2.42. The van der Waals surface area contributed by atoms with E-state index in [9.17, 15) is 0 Å². The molecule has 0 aromatic heterocycles. The zero-order valence-electron chi connectivity index (χ0n) is 13.1. The molecule has 1 atom stereocenters. The molecule has 0 heterocycles. The molecule has 0 saturated heterocycles. The van der Waals surface area contributed by atoms with E-state index in [1.54, 1.807) is 0 Å². The van der Waals surface area contributed by atoms with Crippen molar-refractivity contribution < 1.29 is 0 Å². The van der Waals surface area contributed by atoms with E-state index in [-0.39, 0.29) is 0 Å². The maximum atomic E-state index is 5.88. The van der Waals surface area contributed by atoms with Crippen LogP contribution in [-0.4, -0.2) is 6.04 Å². The number of aryl methyl sites for hydroxylation is 2. The topological polar surface area (TPSA) is 38.0 Å². The number of nitrogens with two attached hydrogens (primary N) is 1. The molecule has 2 heteroatoms. The highest BCUT2D eigenvalue weighted by molar-refractivity contribution is 5.31. The van der Waals surface area contributed by atoms with Crippen molar-refractivity contribution in [1.82, 2.24) is 5.43 Å². The van der Waals surface area contributed by atoms with E-state index in [0.29, 0.717) is 6.04 Å². The van der Waals surface area contributed by atoms with Crippen molar-refractivity contribution in [3.8, 4) is 0 Å². The summed E-state index contributed by atoms with van der Waals surface area (Å²) in [4.78, 5) is 0. The third-order valence-corrected chi connectivity index (χ3v) is 4.88. The molecule has 0 amide bonds. The molecule has 0 spiro atoms. The summed E-state index contributed by atoms with van der Waals surface area (Å²) in [6.07, 6.45) is 10.7. The molecule has 1 fully saturated rings. The van der Waals surface area contributed by atoms with Gasteiger partial charge < -0.3 is 0 Å². The van der Waals surface area contributed by atoms with Gasteiger partial charge in [-0.2, -0.15) is 0 Å². The lowest BCUT2D eigenvalue weighted by atomic mass is 9.83. The molecule has 3 N–H and O–H groups in total. The Hall–Kier alpha value is -0.860. The van der Waals surface area contributed by atoms with E-state index in [1.807, 2.05) is 0 Å². The summed E-state index contributed by atoms with van der Waals surface area (Å²) >= 11 is 0. The minimum absolute atomic E-state index is 0.425. The monoisotopic (exact) mass is 274 g/mol. The van der Waals surface area contributed by atoms with Crippen molar-refractivity contribution in [2.45, 2.75) is 71.3 Å². The molecular weight excluding hydrogens is 244 g/mol. The van der Waals surface area contributed by atoms with Gasteiger partial charge in [0.25, 0.3) is 0 Å².